The van der Waals surface area contributed by atoms with E-state index in [1.807, 2.05) is 13.8 Å². The monoisotopic (exact) mass is 308 g/mol. The van der Waals surface area contributed by atoms with Gasteiger partial charge in [0.2, 0.25) is 0 Å². The van der Waals surface area contributed by atoms with Gasteiger partial charge >= 0.3 is 0 Å². The molecule has 2 aliphatic carbocycles. The summed E-state index contributed by atoms with van der Waals surface area (Å²) in [5, 5.41) is 21.4. The first-order valence-corrected chi connectivity index (χ1v) is 9.03. The van der Waals surface area contributed by atoms with Crippen LogP contribution in [0.15, 0.2) is 12.7 Å². The molecule has 0 aliphatic heterocycles. The molecule has 2 nitrogen and oxygen atoms in total. The number of fused-ring (bicyclic) bond motifs is 1. The van der Waals surface area contributed by atoms with Gasteiger partial charge in [-0.1, -0.05) is 33.3 Å². The molecular weight excluding hydrogens is 272 g/mol. The van der Waals surface area contributed by atoms with Gasteiger partial charge in [0.1, 0.15) is 0 Å². The fourth-order valence-electron chi connectivity index (χ4n) is 5.80. The van der Waals surface area contributed by atoms with Crippen molar-refractivity contribution in [3.8, 4) is 0 Å². The van der Waals surface area contributed by atoms with E-state index in [4.69, 9.17) is 0 Å². The summed E-state index contributed by atoms with van der Waals surface area (Å²) >= 11 is 0. The quantitative estimate of drug-likeness (QED) is 0.739. The summed E-state index contributed by atoms with van der Waals surface area (Å²) in [7, 11) is 0. The lowest BCUT2D eigenvalue weighted by Crippen LogP contribution is -2.57. The van der Waals surface area contributed by atoms with Gasteiger partial charge < -0.3 is 10.2 Å². The highest BCUT2D eigenvalue weighted by Crippen LogP contribution is 2.63. The summed E-state index contributed by atoms with van der Waals surface area (Å²) in [6, 6.07) is 0. The summed E-state index contributed by atoms with van der Waals surface area (Å²) in [6.07, 6.45) is 8.96. The Morgan fingerprint density at radius 2 is 1.82 bits per heavy atom. The van der Waals surface area contributed by atoms with E-state index in [1.54, 1.807) is 6.08 Å². The fraction of sp³-hybridized carbons (Fsp3) is 0.900. The Labute approximate surface area is 137 Å². The highest BCUT2D eigenvalue weighted by Gasteiger charge is 2.57. The van der Waals surface area contributed by atoms with Crippen molar-refractivity contribution < 1.29 is 10.2 Å². The zero-order valence-electron chi connectivity index (χ0n) is 15.3. The van der Waals surface area contributed by atoms with Crippen molar-refractivity contribution >= 4 is 0 Å². The molecule has 2 unspecified atom stereocenters. The molecule has 0 aromatic heterocycles. The molecule has 0 spiro atoms. The molecule has 128 valence electrons. The molecule has 5 atom stereocenters. The van der Waals surface area contributed by atoms with Crippen molar-refractivity contribution in [3.63, 3.8) is 0 Å². The molecule has 2 aliphatic rings. The first kappa shape index (κ1) is 18.0. The highest BCUT2D eigenvalue weighted by molar-refractivity contribution is 5.08. The molecule has 0 saturated heterocycles. The van der Waals surface area contributed by atoms with Crippen molar-refractivity contribution in [1.29, 1.82) is 0 Å². The van der Waals surface area contributed by atoms with Gasteiger partial charge in [-0.25, -0.2) is 0 Å². The Morgan fingerprint density at radius 3 is 2.41 bits per heavy atom. The number of hydrogen-bond donors (Lipinski definition) is 2. The molecule has 0 bridgehead atoms. The summed E-state index contributed by atoms with van der Waals surface area (Å²) < 4.78 is 0. The molecule has 0 amide bonds. The van der Waals surface area contributed by atoms with E-state index in [0.717, 1.165) is 19.3 Å². The van der Waals surface area contributed by atoms with Crippen LogP contribution in [0.3, 0.4) is 0 Å². The van der Waals surface area contributed by atoms with Gasteiger partial charge in [0, 0.05) is 0 Å². The van der Waals surface area contributed by atoms with E-state index in [2.05, 4.69) is 27.4 Å². The standard InChI is InChI=1S/C20H36O2/c1-7-18(4,21)13-9-16-19(5)12-8-11-17(2,3)15(19)10-14-20(16,6)22/h7,15-16,21-22H,1,8-14H2,2-6H3/t15?,16-,18?,19+,20-/m0/s1. The zero-order valence-corrected chi connectivity index (χ0v) is 15.3. The van der Waals surface area contributed by atoms with Crippen molar-refractivity contribution in [2.24, 2.45) is 22.7 Å². The summed E-state index contributed by atoms with van der Waals surface area (Å²) in [6.45, 7) is 14.8. The Kier molecular flexibility index (Phi) is 4.61. The van der Waals surface area contributed by atoms with E-state index in [-0.39, 0.29) is 11.3 Å². The van der Waals surface area contributed by atoms with Crippen LogP contribution >= 0.6 is 0 Å². The largest absolute Gasteiger partial charge is 0.390 e. The zero-order chi connectivity index (χ0) is 16.8. The maximum atomic E-state index is 11.1. The second-order valence-electron chi connectivity index (χ2n) is 9.45. The van der Waals surface area contributed by atoms with Crippen LogP contribution in [0.2, 0.25) is 0 Å². The Balaban J connectivity index is 2.28. The van der Waals surface area contributed by atoms with E-state index in [0.29, 0.717) is 17.8 Å². The van der Waals surface area contributed by atoms with E-state index in [1.165, 1.54) is 19.3 Å². The topological polar surface area (TPSA) is 40.5 Å². The Hall–Kier alpha value is -0.340. The van der Waals surface area contributed by atoms with Crippen molar-refractivity contribution in [2.45, 2.75) is 90.8 Å². The molecular formula is C20H36O2. The Bertz CT molecular complexity index is 421. The van der Waals surface area contributed by atoms with Gasteiger partial charge in [-0.2, -0.15) is 0 Å². The van der Waals surface area contributed by atoms with Crippen LogP contribution in [0, 0.1) is 22.7 Å². The van der Waals surface area contributed by atoms with E-state index in [9.17, 15) is 10.2 Å². The third-order valence-electron chi connectivity index (χ3n) is 7.14. The molecule has 22 heavy (non-hydrogen) atoms. The molecule has 0 aromatic rings. The van der Waals surface area contributed by atoms with Crippen molar-refractivity contribution in [3.05, 3.63) is 12.7 Å². The molecule has 2 rings (SSSR count). The van der Waals surface area contributed by atoms with Crippen LogP contribution in [-0.2, 0) is 0 Å². The summed E-state index contributed by atoms with van der Waals surface area (Å²) in [4.78, 5) is 0. The van der Waals surface area contributed by atoms with Crippen LogP contribution < -0.4 is 0 Å². The van der Waals surface area contributed by atoms with E-state index >= 15 is 0 Å². The van der Waals surface area contributed by atoms with Crippen molar-refractivity contribution in [2.75, 3.05) is 0 Å². The smallest absolute Gasteiger partial charge is 0.0797 e. The van der Waals surface area contributed by atoms with Gasteiger partial charge in [0.25, 0.3) is 0 Å². The van der Waals surface area contributed by atoms with Gasteiger partial charge in [0.05, 0.1) is 11.2 Å². The molecule has 0 aromatic carbocycles. The SMILES string of the molecule is C=CC(C)(O)CC[C@@H]1[C@@](C)(O)CCC2C(C)(C)CCC[C@]21C. The molecule has 0 radical (unpaired) electrons. The first-order chi connectivity index (χ1) is 9.95. The average Bonchev–Trinajstić information content (AvgIpc) is 2.35. The normalized spacial score (nSPS) is 44.0. The maximum absolute atomic E-state index is 11.1. The van der Waals surface area contributed by atoms with Crippen molar-refractivity contribution in [1.82, 2.24) is 0 Å². The number of rotatable bonds is 4. The number of hydrogen-bond acceptors (Lipinski definition) is 2. The molecule has 2 fully saturated rings. The lowest BCUT2D eigenvalue weighted by molar-refractivity contribution is -0.171. The molecule has 0 heterocycles. The average molecular weight is 309 g/mol. The minimum Gasteiger partial charge on any atom is -0.390 e. The van der Waals surface area contributed by atoms with Crippen LogP contribution in [0.1, 0.15) is 79.6 Å². The number of aliphatic hydroxyl groups is 2. The minimum atomic E-state index is -0.830. The van der Waals surface area contributed by atoms with Crippen LogP contribution in [0.25, 0.3) is 0 Å². The summed E-state index contributed by atoms with van der Waals surface area (Å²) in [5.74, 6) is 0.928. The predicted octanol–water partition coefficient (Wildman–Crippen LogP) is 4.70. The molecule has 2 N–H and O–H groups in total. The second kappa shape index (κ2) is 5.63. The van der Waals surface area contributed by atoms with E-state index < -0.39 is 11.2 Å². The lowest BCUT2D eigenvalue weighted by Gasteiger charge is -2.61. The molecule has 2 heteroatoms. The second-order valence-corrected chi connectivity index (χ2v) is 9.45. The predicted molar refractivity (Wildman–Crippen MR) is 92.6 cm³/mol. The fourth-order valence-corrected chi connectivity index (χ4v) is 5.80. The first-order valence-electron chi connectivity index (χ1n) is 9.03. The van der Waals surface area contributed by atoms with Gasteiger partial charge in [-0.05, 0) is 75.0 Å². The Morgan fingerprint density at radius 1 is 1.18 bits per heavy atom. The maximum Gasteiger partial charge on any atom is 0.0797 e. The van der Waals surface area contributed by atoms with Gasteiger partial charge in [-0.3, -0.25) is 0 Å². The van der Waals surface area contributed by atoms with Gasteiger partial charge in [0.15, 0.2) is 0 Å². The lowest BCUT2D eigenvalue weighted by atomic mass is 9.45. The highest BCUT2D eigenvalue weighted by atomic mass is 16.3. The van der Waals surface area contributed by atoms with Crippen LogP contribution in [0.5, 0.6) is 0 Å². The van der Waals surface area contributed by atoms with Gasteiger partial charge in [-0.15, -0.1) is 6.58 Å². The van der Waals surface area contributed by atoms with Crippen LogP contribution in [0.4, 0.5) is 0 Å². The van der Waals surface area contributed by atoms with Crippen LogP contribution in [-0.4, -0.2) is 21.4 Å². The minimum absolute atomic E-state index is 0.181. The third-order valence-corrected chi connectivity index (χ3v) is 7.14. The third kappa shape index (κ3) is 3.14. The molecule has 2 saturated carbocycles. The summed E-state index contributed by atoms with van der Waals surface area (Å²) in [5.41, 5.74) is -0.900.